The van der Waals surface area contributed by atoms with Gasteiger partial charge < -0.3 is 37.5 Å². The molecular weight excluding hydrogens is 352 g/mol. The van der Waals surface area contributed by atoms with Gasteiger partial charge >= 0.3 is 0 Å². The number of nitrogen functional groups attached to an aromatic ring is 1. The molecule has 0 aliphatic carbocycles. The number of aromatic nitrogens is 1. The van der Waals surface area contributed by atoms with E-state index in [1.807, 2.05) is 18.3 Å². The molecule has 2 heterocycles. The highest BCUT2D eigenvalue weighted by Gasteiger charge is 2.29. The van der Waals surface area contributed by atoms with Crippen LogP contribution in [-0.4, -0.2) is 21.8 Å². The van der Waals surface area contributed by atoms with Gasteiger partial charge in [-0.15, -0.1) is 0 Å². The number of anilines is 2. The molecule has 0 bridgehead atoms. The maximum Gasteiger partial charge on any atom is 0.126 e. The van der Waals surface area contributed by atoms with Crippen LogP contribution in [-0.2, 0) is 0 Å². The van der Waals surface area contributed by atoms with E-state index in [1.54, 1.807) is 24.4 Å². The van der Waals surface area contributed by atoms with Crippen LogP contribution in [0.1, 0.15) is 43.9 Å². The van der Waals surface area contributed by atoms with Gasteiger partial charge in [0.15, 0.2) is 0 Å². The maximum atomic E-state index is 10.3. The number of nitrogens with two attached hydrogens (primary N) is 3. The van der Waals surface area contributed by atoms with Crippen molar-refractivity contribution in [2.45, 2.75) is 38.3 Å². The zero-order valence-corrected chi connectivity index (χ0v) is 16.4. The first-order chi connectivity index (χ1) is 13.3. The van der Waals surface area contributed by atoms with Gasteiger partial charge in [0, 0.05) is 58.8 Å². The van der Waals surface area contributed by atoms with E-state index >= 15 is 0 Å². The third-order valence-electron chi connectivity index (χ3n) is 5.18. The SMILES string of the molecule is CC1(C)C[C@@H](n2ccc(/C=C(\N)c3ccc(N/C=C\N)cc3O)c2N)CCN1. The minimum atomic E-state index is 0.0854. The smallest absolute Gasteiger partial charge is 0.126 e. The molecule has 7 nitrogen and oxygen atoms in total. The lowest BCUT2D eigenvalue weighted by molar-refractivity contribution is 0.234. The molecule has 1 saturated heterocycles. The van der Waals surface area contributed by atoms with Crippen LogP contribution in [0.15, 0.2) is 42.9 Å². The van der Waals surface area contributed by atoms with Crippen LogP contribution in [0.3, 0.4) is 0 Å². The molecule has 0 saturated carbocycles. The van der Waals surface area contributed by atoms with Crippen molar-refractivity contribution in [3.05, 3.63) is 54.0 Å². The van der Waals surface area contributed by atoms with E-state index in [9.17, 15) is 5.11 Å². The third-order valence-corrected chi connectivity index (χ3v) is 5.18. The number of phenols is 1. The summed E-state index contributed by atoms with van der Waals surface area (Å²) < 4.78 is 2.13. The molecule has 1 aromatic heterocycles. The molecule has 0 radical (unpaired) electrons. The summed E-state index contributed by atoms with van der Waals surface area (Å²) in [5.74, 6) is 0.777. The van der Waals surface area contributed by atoms with Crippen LogP contribution < -0.4 is 27.8 Å². The van der Waals surface area contributed by atoms with Crippen molar-refractivity contribution in [3.8, 4) is 5.75 Å². The number of hydrogen-bond donors (Lipinski definition) is 6. The number of hydrogen-bond acceptors (Lipinski definition) is 6. The first kappa shape index (κ1) is 19.7. The molecule has 1 aromatic carbocycles. The van der Waals surface area contributed by atoms with Crippen LogP contribution in [0.25, 0.3) is 11.8 Å². The van der Waals surface area contributed by atoms with Gasteiger partial charge in [0.1, 0.15) is 11.6 Å². The number of rotatable bonds is 5. The highest BCUT2D eigenvalue weighted by molar-refractivity contribution is 5.85. The number of phenolic OH excluding ortho intramolecular Hbond substituents is 1. The molecule has 1 aliphatic rings. The van der Waals surface area contributed by atoms with E-state index in [0.29, 0.717) is 23.1 Å². The second-order valence-electron chi connectivity index (χ2n) is 7.86. The highest BCUT2D eigenvalue weighted by atomic mass is 16.3. The summed E-state index contributed by atoms with van der Waals surface area (Å²) in [6, 6.07) is 7.50. The summed E-state index contributed by atoms with van der Waals surface area (Å²) in [5.41, 5.74) is 20.6. The zero-order chi connectivity index (χ0) is 20.3. The fourth-order valence-electron chi connectivity index (χ4n) is 3.75. The molecule has 28 heavy (non-hydrogen) atoms. The number of nitrogens with one attached hydrogen (secondary N) is 2. The standard InChI is InChI=1S/C21H30N6O/c1-21(2)13-16(5-8-26-21)27-10-6-14(20(27)24)11-18(23)17-4-3-15(12-19(17)28)25-9-7-22/h3-4,6-7,9-12,16,25-26,28H,5,8,13,22-24H2,1-2H3/b9-7-,18-11-/t16-/m0/s1. The van der Waals surface area contributed by atoms with Gasteiger partial charge in [-0.3, -0.25) is 0 Å². The minimum absolute atomic E-state index is 0.0854. The lowest BCUT2D eigenvalue weighted by Gasteiger charge is -2.37. The molecule has 1 aliphatic heterocycles. The zero-order valence-electron chi connectivity index (χ0n) is 16.4. The maximum absolute atomic E-state index is 10.3. The predicted molar refractivity (Wildman–Crippen MR) is 116 cm³/mol. The van der Waals surface area contributed by atoms with Gasteiger partial charge in [-0.25, -0.2) is 0 Å². The predicted octanol–water partition coefficient (Wildman–Crippen LogP) is 2.78. The Morgan fingerprint density at radius 2 is 2.14 bits per heavy atom. The van der Waals surface area contributed by atoms with E-state index in [2.05, 4.69) is 29.0 Å². The van der Waals surface area contributed by atoms with Crippen LogP contribution in [0.5, 0.6) is 5.75 Å². The topological polar surface area (TPSA) is 127 Å². The average Bonchev–Trinajstić information content (AvgIpc) is 2.99. The summed E-state index contributed by atoms with van der Waals surface area (Å²) in [6.07, 6.45) is 8.84. The summed E-state index contributed by atoms with van der Waals surface area (Å²) in [7, 11) is 0. The molecule has 0 unspecified atom stereocenters. The van der Waals surface area contributed by atoms with Crippen LogP contribution in [0.2, 0.25) is 0 Å². The van der Waals surface area contributed by atoms with Gasteiger partial charge in [-0.2, -0.15) is 0 Å². The Kier molecular flexibility index (Phi) is 5.56. The molecule has 9 N–H and O–H groups in total. The van der Waals surface area contributed by atoms with Crippen molar-refractivity contribution in [3.63, 3.8) is 0 Å². The van der Waals surface area contributed by atoms with Crippen LogP contribution in [0.4, 0.5) is 11.5 Å². The Bertz CT molecular complexity index is 896. The summed E-state index contributed by atoms with van der Waals surface area (Å²) >= 11 is 0. The van der Waals surface area contributed by atoms with Crippen molar-refractivity contribution < 1.29 is 5.11 Å². The van der Waals surface area contributed by atoms with Gasteiger partial charge in [-0.1, -0.05) is 0 Å². The van der Waals surface area contributed by atoms with Crippen LogP contribution in [0, 0.1) is 0 Å². The molecule has 0 amide bonds. The molecular formula is C21H30N6O. The summed E-state index contributed by atoms with van der Waals surface area (Å²) in [5, 5.41) is 16.8. The number of nitrogens with zero attached hydrogens (tertiary/aromatic N) is 1. The summed E-state index contributed by atoms with van der Waals surface area (Å²) in [4.78, 5) is 0. The summed E-state index contributed by atoms with van der Waals surface area (Å²) in [6.45, 7) is 5.39. The first-order valence-corrected chi connectivity index (χ1v) is 9.46. The van der Waals surface area contributed by atoms with Gasteiger partial charge in [-0.05, 0) is 57.5 Å². The highest BCUT2D eigenvalue weighted by Crippen LogP contribution is 2.33. The Labute approximate surface area is 165 Å². The van der Waals surface area contributed by atoms with Crippen molar-refractivity contribution in [2.24, 2.45) is 11.5 Å². The first-order valence-electron chi connectivity index (χ1n) is 9.46. The Balaban J connectivity index is 1.83. The number of piperidine rings is 1. The fraction of sp³-hybridized carbons (Fsp3) is 0.333. The van der Waals surface area contributed by atoms with Crippen molar-refractivity contribution >= 4 is 23.3 Å². The van der Waals surface area contributed by atoms with E-state index in [4.69, 9.17) is 17.2 Å². The molecule has 150 valence electrons. The molecule has 2 aromatic rings. The Morgan fingerprint density at radius 1 is 1.36 bits per heavy atom. The number of aromatic hydroxyl groups is 1. The lowest BCUT2D eigenvalue weighted by Crippen LogP contribution is -2.46. The monoisotopic (exact) mass is 382 g/mol. The Morgan fingerprint density at radius 3 is 2.82 bits per heavy atom. The van der Waals surface area contributed by atoms with E-state index in [-0.39, 0.29) is 11.3 Å². The van der Waals surface area contributed by atoms with E-state index in [1.165, 1.54) is 6.20 Å². The van der Waals surface area contributed by atoms with Crippen LogP contribution >= 0.6 is 0 Å². The second kappa shape index (κ2) is 7.90. The average molecular weight is 383 g/mol. The molecule has 3 rings (SSSR count). The van der Waals surface area contributed by atoms with E-state index in [0.717, 1.165) is 30.6 Å². The van der Waals surface area contributed by atoms with Crippen molar-refractivity contribution in [1.29, 1.82) is 0 Å². The van der Waals surface area contributed by atoms with E-state index < -0.39 is 0 Å². The van der Waals surface area contributed by atoms with Crippen molar-refractivity contribution in [1.82, 2.24) is 9.88 Å². The fourth-order valence-corrected chi connectivity index (χ4v) is 3.75. The quantitative estimate of drug-likeness (QED) is 0.472. The largest absolute Gasteiger partial charge is 0.507 e. The van der Waals surface area contributed by atoms with Gasteiger partial charge in [0.25, 0.3) is 0 Å². The van der Waals surface area contributed by atoms with Gasteiger partial charge in [0.05, 0.1) is 0 Å². The third kappa shape index (κ3) is 4.26. The second-order valence-corrected chi connectivity index (χ2v) is 7.86. The molecule has 0 spiro atoms. The number of benzene rings is 1. The lowest BCUT2D eigenvalue weighted by atomic mass is 9.89. The Hall–Kier alpha value is -3.06. The molecule has 1 fully saturated rings. The minimum Gasteiger partial charge on any atom is -0.507 e. The normalized spacial score (nSPS) is 19.8. The van der Waals surface area contributed by atoms with Crippen molar-refractivity contribution in [2.75, 3.05) is 17.6 Å². The molecule has 7 heteroatoms. The molecule has 1 atom stereocenters. The van der Waals surface area contributed by atoms with Gasteiger partial charge in [0.2, 0.25) is 0 Å².